The predicted molar refractivity (Wildman–Crippen MR) is 72.5 cm³/mol. The number of carboxylic acids is 1. The second-order valence-electron chi connectivity index (χ2n) is 4.25. The van der Waals surface area contributed by atoms with E-state index >= 15 is 0 Å². The number of carboxylic acid groups (broad SMARTS) is 1. The van der Waals surface area contributed by atoms with Crippen molar-refractivity contribution < 1.29 is 14.6 Å². The Bertz CT molecular complexity index is 404. The van der Waals surface area contributed by atoms with Gasteiger partial charge in [0.15, 0.2) is 0 Å². The maximum atomic E-state index is 10.5. The maximum Gasteiger partial charge on any atom is 0.303 e. The molecule has 0 atom stereocenters. The minimum absolute atomic E-state index is 0.199. The Balaban J connectivity index is 2.80. The first-order valence-electron chi connectivity index (χ1n) is 6.19. The summed E-state index contributed by atoms with van der Waals surface area (Å²) in [5.41, 5.74) is 2.20. The molecule has 1 aromatic carbocycles. The van der Waals surface area contributed by atoms with E-state index in [9.17, 15) is 4.79 Å². The number of aliphatic carboxylic acids is 1. The van der Waals surface area contributed by atoms with Crippen LogP contribution in [0.5, 0.6) is 5.75 Å². The van der Waals surface area contributed by atoms with Gasteiger partial charge in [0.05, 0.1) is 12.8 Å². The summed E-state index contributed by atoms with van der Waals surface area (Å²) in [5.74, 6) is 0.0834. The van der Waals surface area contributed by atoms with Crippen LogP contribution in [0.25, 0.3) is 0 Å². The van der Waals surface area contributed by atoms with Crippen molar-refractivity contribution in [2.75, 3.05) is 25.1 Å². The molecule has 0 saturated heterocycles. The van der Waals surface area contributed by atoms with Gasteiger partial charge in [0.25, 0.3) is 0 Å². The van der Waals surface area contributed by atoms with Gasteiger partial charge in [0.2, 0.25) is 0 Å². The van der Waals surface area contributed by atoms with Crippen LogP contribution in [0.2, 0.25) is 0 Å². The molecule has 0 aromatic heterocycles. The van der Waals surface area contributed by atoms with E-state index in [2.05, 4.69) is 17.9 Å². The maximum absolute atomic E-state index is 10.5. The highest BCUT2D eigenvalue weighted by molar-refractivity contribution is 5.66. The monoisotopic (exact) mass is 251 g/mol. The summed E-state index contributed by atoms with van der Waals surface area (Å²) in [4.78, 5) is 12.7. The average molecular weight is 251 g/mol. The molecule has 0 radical (unpaired) electrons. The molecule has 0 unspecified atom stereocenters. The summed E-state index contributed by atoms with van der Waals surface area (Å²) < 4.78 is 5.35. The van der Waals surface area contributed by atoms with E-state index in [-0.39, 0.29) is 6.42 Å². The number of aryl methyl sites for hydroxylation is 1. The Morgan fingerprint density at radius 2 is 2.17 bits per heavy atom. The molecule has 0 heterocycles. The zero-order chi connectivity index (χ0) is 13.5. The molecule has 0 aliphatic rings. The Morgan fingerprint density at radius 1 is 1.44 bits per heavy atom. The number of hydrogen-bond donors (Lipinski definition) is 1. The van der Waals surface area contributed by atoms with Crippen molar-refractivity contribution in [1.82, 2.24) is 0 Å². The zero-order valence-electron chi connectivity index (χ0n) is 11.3. The molecular formula is C14H21NO3. The van der Waals surface area contributed by atoms with E-state index < -0.39 is 5.97 Å². The lowest BCUT2D eigenvalue weighted by molar-refractivity contribution is -0.137. The SMILES string of the molecule is CCN(CCCC(=O)O)c1cc(C)ccc1OC. The van der Waals surface area contributed by atoms with Gasteiger partial charge in [-0.1, -0.05) is 6.07 Å². The first kappa shape index (κ1) is 14.4. The van der Waals surface area contributed by atoms with E-state index in [1.807, 2.05) is 19.1 Å². The fraction of sp³-hybridized carbons (Fsp3) is 0.500. The highest BCUT2D eigenvalue weighted by atomic mass is 16.5. The fourth-order valence-corrected chi connectivity index (χ4v) is 1.92. The van der Waals surface area contributed by atoms with Gasteiger partial charge in [0.1, 0.15) is 5.75 Å². The van der Waals surface area contributed by atoms with Crippen molar-refractivity contribution in [3.63, 3.8) is 0 Å². The van der Waals surface area contributed by atoms with E-state index in [1.54, 1.807) is 7.11 Å². The molecular weight excluding hydrogens is 230 g/mol. The largest absolute Gasteiger partial charge is 0.495 e. The Kier molecular flexibility index (Phi) is 5.49. The molecule has 0 aliphatic carbocycles. The molecule has 1 rings (SSSR count). The predicted octanol–water partition coefficient (Wildman–Crippen LogP) is 2.69. The third kappa shape index (κ3) is 3.95. The van der Waals surface area contributed by atoms with Gasteiger partial charge in [-0.05, 0) is 38.0 Å². The van der Waals surface area contributed by atoms with Gasteiger partial charge in [-0.2, -0.15) is 0 Å². The van der Waals surface area contributed by atoms with Gasteiger partial charge < -0.3 is 14.7 Å². The molecule has 1 aromatic rings. The number of carbonyl (C=O) groups is 1. The summed E-state index contributed by atoms with van der Waals surface area (Å²) in [5, 5.41) is 8.67. The van der Waals surface area contributed by atoms with Crippen LogP contribution < -0.4 is 9.64 Å². The summed E-state index contributed by atoms with van der Waals surface area (Å²) in [6.07, 6.45) is 0.838. The molecule has 100 valence electrons. The first-order valence-corrected chi connectivity index (χ1v) is 6.19. The first-order chi connectivity index (χ1) is 8.58. The van der Waals surface area contributed by atoms with Gasteiger partial charge >= 0.3 is 5.97 Å². The van der Waals surface area contributed by atoms with E-state index in [0.717, 1.165) is 24.5 Å². The zero-order valence-corrected chi connectivity index (χ0v) is 11.3. The molecule has 0 spiro atoms. The summed E-state index contributed by atoms with van der Waals surface area (Å²) in [6.45, 7) is 5.65. The number of hydrogen-bond acceptors (Lipinski definition) is 3. The molecule has 0 aliphatic heterocycles. The van der Waals surface area contributed by atoms with Crippen LogP contribution in [0.1, 0.15) is 25.3 Å². The summed E-state index contributed by atoms with van der Waals surface area (Å²) in [6, 6.07) is 6.03. The van der Waals surface area contributed by atoms with E-state index in [0.29, 0.717) is 6.42 Å². The van der Waals surface area contributed by atoms with Crippen molar-refractivity contribution in [2.45, 2.75) is 26.7 Å². The number of anilines is 1. The number of ether oxygens (including phenoxy) is 1. The fourth-order valence-electron chi connectivity index (χ4n) is 1.92. The van der Waals surface area contributed by atoms with Crippen molar-refractivity contribution in [1.29, 1.82) is 0 Å². The molecule has 4 heteroatoms. The second-order valence-corrected chi connectivity index (χ2v) is 4.25. The van der Waals surface area contributed by atoms with Crippen LogP contribution in [-0.4, -0.2) is 31.3 Å². The number of rotatable bonds is 7. The van der Waals surface area contributed by atoms with Gasteiger partial charge in [-0.3, -0.25) is 4.79 Å². The van der Waals surface area contributed by atoms with Crippen molar-refractivity contribution in [3.8, 4) is 5.75 Å². The highest BCUT2D eigenvalue weighted by Crippen LogP contribution is 2.29. The molecule has 0 bridgehead atoms. The average Bonchev–Trinajstić information content (AvgIpc) is 2.34. The third-order valence-corrected chi connectivity index (χ3v) is 2.88. The smallest absolute Gasteiger partial charge is 0.303 e. The van der Waals surface area contributed by atoms with Crippen LogP contribution in [0.15, 0.2) is 18.2 Å². The normalized spacial score (nSPS) is 10.2. The van der Waals surface area contributed by atoms with E-state index in [4.69, 9.17) is 9.84 Å². The van der Waals surface area contributed by atoms with Gasteiger partial charge in [-0.25, -0.2) is 0 Å². The van der Waals surface area contributed by atoms with Crippen molar-refractivity contribution in [2.24, 2.45) is 0 Å². The minimum atomic E-state index is -0.748. The Morgan fingerprint density at radius 3 is 2.72 bits per heavy atom. The lowest BCUT2D eigenvalue weighted by Gasteiger charge is -2.25. The summed E-state index contributed by atoms with van der Waals surface area (Å²) >= 11 is 0. The number of methoxy groups -OCH3 is 1. The van der Waals surface area contributed by atoms with E-state index in [1.165, 1.54) is 5.56 Å². The van der Waals surface area contributed by atoms with Crippen LogP contribution in [0, 0.1) is 6.92 Å². The Labute approximate surface area is 108 Å². The minimum Gasteiger partial charge on any atom is -0.495 e. The van der Waals surface area contributed by atoms with Crippen molar-refractivity contribution >= 4 is 11.7 Å². The van der Waals surface area contributed by atoms with Crippen LogP contribution in [0.4, 0.5) is 5.69 Å². The quantitative estimate of drug-likeness (QED) is 0.809. The lowest BCUT2D eigenvalue weighted by atomic mass is 10.1. The lowest BCUT2D eigenvalue weighted by Crippen LogP contribution is -2.25. The molecule has 0 fully saturated rings. The number of benzene rings is 1. The molecule has 4 nitrogen and oxygen atoms in total. The molecule has 1 N–H and O–H groups in total. The highest BCUT2D eigenvalue weighted by Gasteiger charge is 2.11. The third-order valence-electron chi connectivity index (χ3n) is 2.88. The Hall–Kier alpha value is -1.71. The van der Waals surface area contributed by atoms with Gasteiger partial charge in [-0.15, -0.1) is 0 Å². The standard InChI is InChI=1S/C14H21NO3/c1-4-15(9-5-6-14(16)17)12-10-11(2)7-8-13(12)18-3/h7-8,10H,4-6,9H2,1-3H3,(H,16,17). The van der Waals surface area contributed by atoms with Crippen LogP contribution >= 0.6 is 0 Å². The number of nitrogens with zero attached hydrogens (tertiary/aromatic N) is 1. The topological polar surface area (TPSA) is 49.8 Å². The summed E-state index contributed by atoms with van der Waals surface area (Å²) in [7, 11) is 1.65. The second kappa shape index (κ2) is 6.89. The van der Waals surface area contributed by atoms with Crippen LogP contribution in [-0.2, 0) is 4.79 Å². The molecule has 0 amide bonds. The van der Waals surface area contributed by atoms with Crippen LogP contribution in [0.3, 0.4) is 0 Å². The van der Waals surface area contributed by atoms with Crippen molar-refractivity contribution in [3.05, 3.63) is 23.8 Å². The molecule has 18 heavy (non-hydrogen) atoms. The van der Waals surface area contributed by atoms with Gasteiger partial charge in [0, 0.05) is 19.5 Å². The molecule has 0 saturated carbocycles.